The predicted molar refractivity (Wildman–Crippen MR) is 102 cm³/mol. The van der Waals surface area contributed by atoms with E-state index in [0.717, 1.165) is 12.1 Å². The smallest absolute Gasteiger partial charge is 0.287 e. The highest BCUT2D eigenvalue weighted by Crippen LogP contribution is 2.29. The summed E-state index contributed by atoms with van der Waals surface area (Å²) in [5.41, 5.74) is 0.443. The molecule has 2 aromatic carbocycles. The number of alkyl halides is 3. The predicted octanol–water partition coefficient (Wildman–Crippen LogP) is 4.76. The molecule has 4 rings (SSSR count). The summed E-state index contributed by atoms with van der Waals surface area (Å²) >= 11 is 6.04. The number of benzene rings is 2. The van der Waals surface area contributed by atoms with Gasteiger partial charge in [-0.05, 0) is 48.5 Å². The molecule has 0 saturated carbocycles. The number of halogens is 4. The van der Waals surface area contributed by atoms with E-state index in [9.17, 15) is 18.0 Å². The third-order valence-corrected chi connectivity index (χ3v) is 4.44. The molecule has 4 aromatic rings. The highest BCUT2D eigenvalue weighted by Gasteiger charge is 2.30. The molecule has 0 unspecified atom stereocenters. The first kappa shape index (κ1) is 18.9. The van der Waals surface area contributed by atoms with E-state index in [-0.39, 0.29) is 11.1 Å². The van der Waals surface area contributed by atoms with Gasteiger partial charge in [0.2, 0.25) is 5.43 Å². The molecular formula is C20H12ClF3N4O. The van der Waals surface area contributed by atoms with Crippen LogP contribution in [0.1, 0.15) is 5.56 Å². The average Bonchev–Trinajstić information content (AvgIpc) is 3.17. The zero-order chi connectivity index (χ0) is 20.6. The van der Waals surface area contributed by atoms with Gasteiger partial charge in [-0.2, -0.15) is 23.4 Å². The number of nitrogens with zero attached hydrogens (tertiary/aromatic N) is 4. The summed E-state index contributed by atoms with van der Waals surface area (Å²) in [6.45, 7) is 0. The largest absolute Gasteiger partial charge is 0.416 e. The zero-order valence-electron chi connectivity index (χ0n) is 14.6. The van der Waals surface area contributed by atoms with E-state index in [1.165, 1.54) is 40.0 Å². The highest BCUT2D eigenvalue weighted by molar-refractivity contribution is 6.30. The molecule has 0 radical (unpaired) electrons. The zero-order valence-corrected chi connectivity index (χ0v) is 15.4. The topological polar surface area (TPSA) is 52.7 Å². The lowest BCUT2D eigenvalue weighted by Gasteiger charge is -2.11. The summed E-state index contributed by atoms with van der Waals surface area (Å²) in [6, 6.07) is 14.4. The lowest BCUT2D eigenvalue weighted by atomic mass is 10.2. The van der Waals surface area contributed by atoms with Crippen LogP contribution in [0.5, 0.6) is 0 Å². The summed E-state index contributed by atoms with van der Waals surface area (Å²) in [5, 5.41) is 9.05. The molecule has 2 aromatic heterocycles. The van der Waals surface area contributed by atoms with Crippen LogP contribution in [0.3, 0.4) is 0 Å². The van der Waals surface area contributed by atoms with Crippen LogP contribution in [0, 0.1) is 0 Å². The minimum atomic E-state index is -4.43. The highest BCUT2D eigenvalue weighted by atomic mass is 35.5. The van der Waals surface area contributed by atoms with Crippen LogP contribution in [0.15, 0.2) is 77.9 Å². The quantitative estimate of drug-likeness (QED) is 0.484. The molecule has 29 heavy (non-hydrogen) atoms. The minimum absolute atomic E-state index is 0.102. The summed E-state index contributed by atoms with van der Waals surface area (Å²) in [4.78, 5) is 12.4. The second-order valence-corrected chi connectivity index (χ2v) is 6.56. The summed E-state index contributed by atoms with van der Waals surface area (Å²) in [5.74, 6) is 0. The fourth-order valence-electron chi connectivity index (χ4n) is 2.83. The number of hydrogen-bond donors (Lipinski definition) is 0. The van der Waals surface area contributed by atoms with Gasteiger partial charge in [0.1, 0.15) is 0 Å². The molecule has 9 heteroatoms. The molecule has 146 valence electrons. The van der Waals surface area contributed by atoms with Gasteiger partial charge < -0.3 is 0 Å². The van der Waals surface area contributed by atoms with Crippen LogP contribution in [0.4, 0.5) is 13.2 Å². The number of hydrogen-bond acceptors (Lipinski definition) is 3. The van der Waals surface area contributed by atoms with Crippen molar-refractivity contribution in [1.82, 2.24) is 19.6 Å². The first-order valence-corrected chi connectivity index (χ1v) is 8.79. The average molecular weight is 417 g/mol. The van der Waals surface area contributed by atoms with Crippen molar-refractivity contribution in [3.05, 3.63) is 93.9 Å². The molecule has 0 aliphatic carbocycles. The van der Waals surface area contributed by atoms with Crippen molar-refractivity contribution in [2.24, 2.45) is 0 Å². The van der Waals surface area contributed by atoms with E-state index < -0.39 is 11.7 Å². The standard InChI is InChI=1S/C20H12ClF3N4O/c21-14-2-1-3-16(12-14)28-17(8-10-25-28)19-18(29)9-11-27(26-19)15-6-4-13(5-7-15)20(22,23)24/h1-12H. The van der Waals surface area contributed by atoms with Crippen LogP contribution >= 0.6 is 11.6 Å². The summed E-state index contributed by atoms with van der Waals surface area (Å²) in [7, 11) is 0. The van der Waals surface area contributed by atoms with Crippen molar-refractivity contribution in [2.45, 2.75) is 6.18 Å². The molecular weight excluding hydrogens is 405 g/mol. The van der Waals surface area contributed by atoms with Gasteiger partial charge in [0, 0.05) is 17.3 Å². The Morgan fingerprint density at radius 2 is 1.69 bits per heavy atom. The molecule has 0 spiro atoms. The van der Waals surface area contributed by atoms with Crippen molar-refractivity contribution >= 4 is 11.6 Å². The Kier molecular flexibility index (Phi) is 4.71. The molecule has 5 nitrogen and oxygen atoms in total. The van der Waals surface area contributed by atoms with E-state index in [2.05, 4.69) is 10.2 Å². The molecule has 0 fully saturated rings. The monoisotopic (exact) mass is 416 g/mol. The Balaban J connectivity index is 1.78. The normalized spacial score (nSPS) is 11.6. The molecule has 0 atom stereocenters. The van der Waals surface area contributed by atoms with Gasteiger partial charge in [-0.25, -0.2) is 9.36 Å². The minimum Gasteiger partial charge on any atom is -0.287 e. The first-order valence-electron chi connectivity index (χ1n) is 8.41. The van der Waals surface area contributed by atoms with Crippen LogP contribution in [0.25, 0.3) is 22.8 Å². The van der Waals surface area contributed by atoms with Crippen molar-refractivity contribution in [3.63, 3.8) is 0 Å². The molecule has 0 bridgehead atoms. The first-order chi connectivity index (χ1) is 13.8. The van der Waals surface area contributed by atoms with Gasteiger partial charge in [0.05, 0.1) is 28.8 Å². The van der Waals surface area contributed by atoms with Gasteiger partial charge in [-0.3, -0.25) is 4.79 Å². The fourth-order valence-corrected chi connectivity index (χ4v) is 3.01. The third kappa shape index (κ3) is 3.79. The molecule has 0 saturated heterocycles. The number of rotatable bonds is 3. The van der Waals surface area contributed by atoms with Gasteiger partial charge in [0.15, 0.2) is 5.69 Å². The van der Waals surface area contributed by atoms with E-state index >= 15 is 0 Å². The fraction of sp³-hybridized carbons (Fsp3) is 0.0500. The molecule has 0 aliphatic rings. The number of aromatic nitrogens is 4. The molecule has 0 amide bonds. The van der Waals surface area contributed by atoms with Crippen LogP contribution in [0.2, 0.25) is 5.02 Å². The lowest BCUT2D eigenvalue weighted by molar-refractivity contribution is -0.137. The Hall–Kier alpha value is -3.39. The maximum Gasteiger partial charge on any atom is 0.416 e. The van der Waals surface area contributed by atoms with Gasteiger partial charge >= 0.3 is 6.18 Å². The van der Waals surface area contributed by atoms with Crippen molar-refractivity contribution in [1.29, 1.82) is 0 Å². The van der Waals surface area contributed by atoms with Crippen LogP contribution in [-0.2, 0) is 6.18 Å². The Morgan fingerprint density at radius 3 is 2.38 bits per heavy atom. The Morgan fingerprint density at radius 1 is 0.931 bits per heavy atom. The van der Waals surface area contributed by atoms with E-state index in [0.29, 0.717) is 22.1 Å². The van der Waals surface area contributed by atoms with Crippen LogP contribution < -0.4 is 5.43 Å². The Bertz CT molecular complexity index is 1230. The van der Waals surface area contributed by atoms with Crippen LogP contribution in [-0.4, -0.2) is 19.6 Å². The SMILES string of the molecule is O=c1ccn(-c2ccc(C(F)(F)F)cc2)nc1-c1ccnn1-c1cccc(Cl)c1. The second-order valence-electron chi connectivity index (χ2n) is 6.13. The van der Waals surface area contributed by atoms with Crippen molar-refractivity contribution < 1.29 is 13.2 Å². The van der Waals surface area contributed by atoms with Gasteiger partial charge in [0.25, 0.3) is 0 Å². The summed E-state index contributed by atoms with van der Waals surface area (Å²) < 4.78 is 41.2. The molecule has 0 N–H and O–H groups in total. The molecule has 0 aliphatic heterocycles. The van der Waals surface area contributed by atoms with Gasteiger partial charge in [-0.15, -0.1) is 0 Å². The van der Waals surface area contributed by atoms with Crippen molar-refractivity contribution in [2.75, 3.05) is 0 Å². The molecule has 2 heterocycles. The third-order valence-electron chi connectivity index (χ3n) is 4.21. The lowest BCUT2D eigenvalue weighted by Crippen LogP contribution is -2.15. The van der Waals surface area contributed by atoms with Crippen molar-refractivity contribution in [3.8, 4) is 22.8 Å². The Labute approximate surface area is 167 Å². The second kappa shape index (κ2) is 7.21. The van der Waals surface area contributed by atoms with Gasteiger partial charge in [-0.1, -0.05) is 17.7 Å². The maximum atomic E-state index is 12.8. The van der Waals surface area contributed by atoms with E-state index in [1.54, 1.807) is 30.3 Å². The van der Waals surface area contributed by atoms with E-state index in [1.807, 2.05) is 0 Å². The van der Waals surface area contributed by atoms with E-state index in [4.69, 9.17) is 11.6 Å². The maximum absolute atomic E-state index is 12.8. The summed E-state index contributed by atoms with van der Waals surface area (Å²) in [6.07, 6.45) is -1.51.